The van der Waals surface area contributed by atoms with E-state index in [1.807, 2.05) is 6.92 Å². The predicted octanol–water partition coefficient (Wildman–Crippen LogP) is 4.24. The number of hydrogen-bond donors (Lipinski definition) is 1. The van der Waals surface area contributed by atoms with E-state index in [9.17, 15) is 23.1 Å². The monoisotopic (exact) mass is 326 g/mol. The molecule has 23 heavy (non-hydrogen) atoms. The first kappa shape index (κ1) is 17.1. The summed E-state index contributed by atoms with van der Waals surface area (Å²) >= 11 is 0. The van der Waals surface area contributed by atoms with Crippen molar-refractivity contribution in [2.75, 3.05) is 0 Å². The van der Waals surface area contributed by atoms with Crippen molar-refractivity contribution in [1.82, 2.24) is 9.78 Å². The molecule has 124 valence electrons. The second-order valence-corrected chi connectivity index (χ2v) is 5.13. The zero-order chi connectivity index (χ0) is 17.2. The Bertz CT molecular complexity index is 703. The van der Waals surface area contributed by atoms with Crippen LogP contribution < -0.4 is 0 Å². The predicted molar refractivity (Wildman–Crippen MR) is 79.3 cm³/mol. The van der Waals surface area contributed by atoms with Crippen LogP contribution in [0.1, 0.15) is 41.9 Å². The molecule has 2 aromatic rings. The number of alkyl halides is 3. The van der Waals surface area contributed by atoms with E-state index < -0.39 is 17.7 Å². The summed E-state index contributed by atoms with van der Waals surface area (Å²) < 4.78 is 39.3. The molecule has 0 saturated heterocycles. The minimum Gasteiger partial charge on any atom is -0.477 e. The summed E-state index contributed by atoms with van der Waals surface area (Å²) in [6.45, 7) is 4.14. The van der Waals surface area contributed by atoms with E-state index in [1.54, 1.807) is 6.92 Å². The van der Waals surface area contributed by atoms with Gasteiger partial charge in [0, 0.05) is 17.7 Å². The molecule has 0 saturated carbocycles. The summed E-state index contributed by atoms with van der Waals surface area (Å²) in [5.41, 5.74) is 0.792. The van der Waals surface area contributed by atoms with E-state index in [0.29, 0.717) is 36.2 Å². The molecule has 0 amide bonds. The van der Waals surface area contributed by atoms with Crippen LogP contribution in [0.3, 0.4) is 0 Å². The van der Waals surface area contributed by atoms with Crippen LogP contribution in [0.5, 0.6) is 0 Å². The summed E-state index contributed by atoms with van der Waals surface area (Å²) in [7, 11) is 0. The molecule has 0 aliphatic carbocycles. The Morgan fingerprint density at radius 3 is 2.26 bits per heavy atom. The van der Waals surface area contributed by atoms with Crippen molar-refractivity contribution in [2.45, 2.75) is 39.4 Å². The smallest absolute Gasteiger partial charge is 0.416 e. The lowest BCUT2D eigenvalue weighted by Crippen LogP contribution is -2.11. The van der Waals surface area contributed by atoms with Crippen LogP contribution in [0.4, 0.5) is 13.2 Å². The second kappa shape index (κ2) is 6.44. The first-order valence-electron chi connectivity index (χ1n) is 7.30. The van der Waals surface area contributed by atoms with E-state index in [-0.39, 0.29) is 5.69 Å². The highest BCUT2D eigenvalue weighted by atomic mass is 19.4. The molecule has 1 N–H and O–H groups in total. The van der Waals surface area contributed by atoms with E-state index >= 15 is 0 Å². The first-order valence-corrected chi connectivity index (χ1v) is 7.30. The van der Waals surface area contributed by atoms with Crippen molar-refractivity contribution in [3.63, 3.8) is 0 Å². The largest absolute Gasteiger partial charge is 0.477 e. The Labute approximate surface area is 131 Å². The molecule has 0 atom stereocenters. The van der Waals surface area contributed by atoms with Crippen LogP contribution in [0, 0.1) is 0 Å². The maximum atomic E-state index is 12.6. The summed E-state index contributed by atoms with van der Waals surface area (Å²) in [6.07, 6.45) is -3.26. The molecule has 0 fully saturated rings. The van der Waals surface area contributed by atoms with Crippen molar-refractivity contribution < 1.29 is 23.1 Å². The van der Waals surface area contributed by atoms with Gasteiger partial charge in [0.15, 0.2) is 0 Å². The fraction of sp³-hybridized carbons (Fsp3) is 0.375. The molecule has 0 spiro atoms. The fourth-order valence-electron chi connectivity index (χ4n) is 2.50. The molecule has 1 heterocycles. The third-order valence-electron chi connectivity index (χ3n) is 3.53. The number of benzene rings is 1. The summed E-state index contributed by atoms with van der Waals surface area (Å²) in [5, 5.41) is 13.7. The lowest BCUT2D eigenvalue weighted by molar-refractivity contribution is -0.137. The van der Waals surface area contributed by atoms with Gasteiger partial charge in [-0.2, -0.15) is 18.3 Å². The average Bonchev–Trinajstić information content (AvgIpc) is 2.85. The van der Waals surface area contributed by atoms with Gasteiger partial charge < -0.3 is 5.11 Å². The molecule has 4 nitrogen and oxygen atoms in total. The number of carbonyl (C=O) groups is 1. The zero-order valence-corrected chi connectivity index (χ0v) is 12.8. The highest BCUT2D eigenvalue weighted by Gasteiger charge is 2.30. The highest BCUT2D eigenvalue weighted by molar-refractivity contribution is 5.90. The molecule has 0 unspecified atom stereocenters. The summed E-state index contributed by atoms with van der Waals surface area (Å²) in [5.74, 6) is -1.08. The van der Waals surface area contributed by atoms with Crippen molar-refractivity contribution in [3.8, 4) is 11.3 Å². The van der Waals surface area contributed by atoms with E-state index in [1.165, 1.54) is 16.8 Å². The number of carboxylic acids is 1. The number of halogens is 3. The SMILES string of the molecule is CCCn1nc(-c2ccc(C(F)(F)F)cc2)c(CC)c1C(=O)O. The second-order valence-electron chi connectivity index (χ2n) is 5.13. The van der Waals surface area contributed by atoms with Gasteiger partial charge in [0.1, 0.15) is 5.69 Å². The Hall–Kier alpha value is -2.31. The number of carboxylic acid groups (broad SMARTS) is 1. The summed E-state index contributed by atoms with van der Waals surface area (Å²) in [6, 6.07) is 4.61. The lowest BCUT2D eigenvalue weighted by Gasteiger charge is -2.07. The molecular formula is C16H17F3N2O2. The standard InChI is InChI=1S/C16H17F3N2O2/c1-3-9-21-14(15(22)23)12(4-2)13(20-21)10-5-7-11(8-6-10)16(17,18)19/h5-8H,3-4,9H2,1-2H3,(H,22,23). The molecule has 0 radical (unpaired) electrons. The fourth-order valence-corrected chi connectivity index (χ4v) is 2.50. The van der Waals surface area contributed by atoms with Gasteiger partial charge in [-0.3, -0.25) is 4.68 Å². The van der Waals surface area contributed by atoms with Crippen LogP contribution in [-0.4, -0.2) is 20.9 Å². The van der Waals surface area contributed by atoms with E-state index in [0.717, 1.165) is 12.1 Å². The minimum absolute atomic E-state index is 0.101. The quantitative estimate of drug-likeness (QED) is 0.894. The molecule has 0 bridgehead atoms. The minimum atomic E-state index is -4.40. The molecule has 0 aliphatic heterocycles. The maximum absolute atomic E-state index is 12.6. The molecule has 2 rings (SSSR count). The third kappa shape index (κ3) is 3.38. The number of aryl methyl sites for hydroxylation is 1. The first-order chi connectivity index (χ1) is 10.8. The number of aromatic nitrogens is 2. The Balaban J connectivity index is 2.54. The van der Waals surface area contributed by atoms with Crippen LogP contribution in [0.25, 0.3) is 11.3 Å². The number of hydrogen-bond acceptors (Lipinski definition) is 2. The van der Waals surface area contributed by atoms with Gasteiger partial charge in [0.2, 0.25) is 0 Å². The molecule has 7 heteroatoms. The Morgan fingerprint density at radius 2 is 1.83 bits per heavy atom. The summed E-state index contributed by atoms with van der Waals surface area (Å²) in [4.78, 5) is 11.5. The van der Waals surface area contributed by atoms with E-state index in [4.69, 9.17) is 0 Å². The van der Waals surface area contributed by atoms with Crippen LogP contribution in [0.2, 0.25) is 0 Å². The lowest BCUT2D eigenvalue weighted by atomic mass is 10.0. The molecule has 1 aromatic heterocycles. The van der Waals surface area contributed by atoms with Gasteiger partial charge in [-0.1, -0.05) is 26.0 Å². The zero-order valence-electron chi connectivity index (χ0n) is 12.8. The number of rotatable bonds is 5. The number of nitrogens with zero attached hydrogens (tertiary/aromatic N) is 2. The molecule has 1 aromatic carbocycles. The van der Waals surface area contributed by atoms with Gasteiger partial charge in [-0.15, -0.1) is 0 Å². The van der Waals surface area contributed by atoms with Crippen LogP contribution >= 0.6 is 0 Å². The highest BCUT2D eigenvalue weighted by Crippen LogP contribution is 2.32. The van der Waals surface area contributed by atoms with Crippen molar-refractivity contribution >= 4 is 5.97 Å². The van der Waals surface area contributed by atoms with Gasteiger partial charge in [0.05, 0.1) is 11.3 Å². The Morgan fingerprint density at radius 1 is 1.22 bits per heavy atom. The van der Waals surface area contributed by atoms with Crippen LogP contribution in [-0.2, 0) is 19.1 Å². The van der Waals surface area contributed by atoms with Gasteiger partial charge in [-0.05, 0) is 25.0 Å². The topological polar surface area (TPSA) is 55.1 Å². The van der Waals surface area contributed by atoms with Crippen molar-refractivity contribution in [1.29, 1.82) is 0 Å². The van der Waals surface area contributed by atoms with Gasteiger partial charge in [0.25, 0.3) is 0 Å². The van der Waals surface area contributed by atoms with Crippen molar-refractivity contribution in [2.24, 2.45) is 0 Å². The Kier molecular flexibility index (Phi) is 4.77. The molecule has 0 aliphatic rings. The normalized spacial score (nSPS) is 11.7. The number of aromatic carboxylic acids is 1. The van der Waals surface area contributed by atoms with Crippen molar-refractivity contribution in [3.05, 3.63) is 41.1 Å². The maximum Gasteiger partial charge on any atom is 0.416 e. The average molecular weight is 326 g/mol. The molecular weight excluding hydrogens is 309 g/mol. The third-order valence-corrected chi connectivity index (χ3v) is 3.53. The van der Waals surface area contributed by atoms with Gasteiger partial charge >= 0.3 is 12.1 Å². The van der Waals surface area contributed by atoms with Gasteiger partial charge in [-0.25, -0.2) is 4.79 Å². The van der Waals surface area contributed by atoms with Crippen LogP contribution in [0.15, 0.2) is 24.3 Å². The van der Waals surface area contributed by atoms with E-state index in [2.05, 4.69) is 5.10 Å².